The second kappa shape index (κ2) is 7.11. The van der Waals surface area contributed by atoms with Gasteiger partial charge in [0, 0.05) is 18.3 Å². The number of rotatable bonds is 5. The number of aliphatic hydroxyl groups is 1. The van der Waals surface area contributed by atoms with Crippen LogP contribution in [0.5, 0.6) is 0 Å². The summed E-state index contributed by atoms with van der Waals surface area (Å²) < 4.78 is 0. The molecule has 1 rings (SSSR count). The summed E-state index contributed by atoms with van der Waals surface area (Å²) in [6, 6.07) is 0.403. The van der Waals surface area contributed by atoms with Crippen LogP contribution in [-0.2, 0) is 0 Å². The van der Waals surface area contributed by atoms with Crippen LogP contribution >= 0.6 is 11.8 Å². The molecule has 0 spiro atoms. The third-order valence-electron chi connectivity index (χ3n) is 2.95. The van der Waals surface area contributed by atoms with Gasteiger partial charge in [-0.1, -0.05) is 6.92 Å². The first-order chi connectivity index (χ1) is 8.09. The molecule has 1 aliphatic rings. The molecule has 0 aliphatic carbocycles. The molecule has 0 saturated carbocycles. The number of hydrogen-bond acceptors (Lipinski definition) is 3. The van der Waals surface area contributed by atoms with Gasteiger partial charge in [-0.15, -0.1) is 0 Å². The molecule has 0 amide bonds. The maximum Gasteiger partial charge on any atom is 0.191 e. The topological polar surface area (TPSA) is 56.7 Å². The lowest BCUT2D eigenvalue weighted by atomic mass is 10.1. The summed E-state index contributed by atoms with van der Waals surface area (Å²) in [4.78, 5) is 4.49. The van der Waals surface area contributed by atoms with Crippen LogP contribution in [0.4, 0.5) is 0 Å². The van der Waals surface area contributed by atoms with Crippen molar-refractivity contribution in [3.8, 4) is 0 Å². The highest BCUT2D eigenvalue weighted by Crippen LogP contribution is 2.27. The van der Waals surface area contributed by atoms with Crippen molar-refractivity contribution in [2.45, 2.75) is 45.3 Å². The van der Waals surface area contributed by atoms with Crippen molar-refractivity contribution >= 4 is 17.7 Å². The zero-order valence-electron chi connectivity index (χ0n) is 11.1. The van der Waals surface area contributed by atoms with Crippen molar-refractivity contribution in [3.05, 3.63) is 0 Å². The highest BCUT2D eigenvalue weighted by Gasteiger charge is 2.31. The van der Waals surface area contributed by atoms with E-state index < -0.39 is 5.60 Å². The summed E-state index contributed by atoms with van der Waals surface area (Å²) in [7, 11) is 0. The highest BCUT2D eigenvalue weighted by atomic mass is 32.2. The minimum Gasteiger partial charge on any atom is -0.387 e. The molecule has 0 aromatic carbocycles. The van der Waals surface area contributed by atoms with E-state index in [4.69, 9.17) is 0 Å². The van der Waals surface area contributed by atoms with E-state index in [1.54, 1.807) is 11.8 Å². The zero-order valence-corrected chi connectivity index (χ0v) is 11.9. The number of thioether (sulfide) groups is 1. The van der Waals surface area contributed by atoms with Gasteiger partial charge in [0.2, 0.25) is 0 Å². The Morgan fingerprint density at radius 2 is 2.29 bits per heavy atom. The molecule has 0 aromatic heterocycles. The summed E-state index contributed by atoms with van der Waals surface area (Å²) in [6.07, 6.45) is 1.91. The van der Waals surface area contributed by atoms with Gasteiger partial charge in [0.15, 0.2) is 5.96 Å². The van der Waals surface area contributed by atoms with Crippen LogP contribution in [0.15, 0.2) is 4.99 Å². The number of nitrogens with zero attached hydrogens (tertiary/aromatic N) is 1. The Bertz CT molecular complexity index is 252. The summed E-state index contributed by atoms with van der Waals surface area (Å²) in [6.45, 7) is 7.66. The Labute approximate surface area is 109 Å². The van der Waals surface area contributed by atoms with E-state index in [0.717, 1.165) is 36.9 Å². The fourth-order valence-corrected chi connectivity index (χ4v) is 2.89. The van der Waals surface area contributed by atoms with E-state index in [2.05, 4.69) is 29.5 Å². The van der Waals surface area contributed by atoms with Gasteiger partial charge in [0.25, 0.3) is 0 Å². The van der Waals surface area contributed by atoms with Crippen molar-refractivity contribution in [3.63, 3.8) is 0 Å². The second-order valence-corrected chi connectivity index (χ2v) is 5.78. The molecular weight excluding hydrogens is 234 g/mol. The molecule has 0 bridgehead atoms. The quantitative estimate of drug-likeness (QED) is 0.513. The Morgan fingerprint density at radius 1 is 1.53 bits per heavy atom. The molecule has 3 N–H and O–H groups in total. The summed E-state index contributed by atoms with van der Waals surface area (Å²) in [5, 5.41) is 16.8. The third-order valence-corrected chi connectivity index (χ3v) is 4.19. The molecule has 5 heteroatoms. The number of hydrogen-bond donors (Lipinski definition) is 3. The lowest BCUT2D eigenvalue weighted by Crippen LogP contribution is -2.43. The Kier molecular flexibility index (Phi) is 6.12. The first-order valence-electron chi connectivity index (χ1n) is 6.44. The van der Waals surface area contributed by atoms with Gasteiger partial charge in [-0.2, -0.15) is 11.8 Å². The van der Waals surface area contributed by atoms with Crippen molar-refractivity contribution < 1.29 is 5.11 Å². The molecule has 1 aliphatic heterocycles. The van der Waals surface area contributed by atoms with Crippen LogP contribution in [0.3, 0.4) is 0 Å². The average molecular weight is 259 g/mol. The van der Waals surface area contributed by atoms with E-state index in [1.165, 1.54) is 0 Å². The Balaban J connectivity index is 2.50. The normalized spacial score (nSPS) is 26.9. The van der Waals surface area contributed by atoms with Gasteiger partial charge in [0.05, 0.1) is 12.1 Å². The Morgan fingerprint density at radius 3 is 2.82 bits per heavy atom. The SMILES string of the molecule is CCNC(=NCC1(O)CCSC1)NC(C)CC. The maximum atomic E-state index is 10.2. The van der Waals surface area contributed by atoms with E-state index in [9.17, 15) is 5.11 Å². The standard InChI is InChI=1S/C12H25N3OS/c1-4-10(3)15-11(13-5-2)14-8-12(16)6-7-17-9-12/h10,16H,4-9H2,1-3H3,(H2,13,14,15). The molecule has 100 valence electrons. The molecule has 2 atom stereocenters. The minimum atomic E-state index is -0.595. The minimum absolute atomic E-state index is 0.403. The van der Waals surface area contributed by atoms with Crippen LogP contribution < -0.4 is 10.6 Å². The van der Waals surface area contributed by atoms with E-state index >= 15 is 0 Å². The summed E-state index contributed by atoms with van der Waals surface area (Å²) in [5.41, 5.74) is -0.595. The molecule has 17 heavy (non-hydrogen) atoms. The van der Waals surface area contributed by atoms with Crippen molar-refractivity contribution in [2.24, 2.45) is 4.99 Å². The van der Waals surface area contributed by atoms with E-state index in [0.29, 0.717) is 12.6 Å². The monoisotopic (exact) mass is 259 g/mol. The van der Waals surface area contributed by atoms with E-state index in [-0.39, 0.29) is 0 Å². The summed E-state index contributed by atoms with van der Waals surface area (Å²) >= 11 is 1.80. The average Bonchev–Trinajstić information content (AvgIpc) is 2.74. The first-order valence-corrected chi connectivity index (χ1v) is 7.60. The highest BCUT2D eigenvalue weighted by molar-refractivity contribution is 7.99. The smallest absolute Gasteiger partial charge is 0.191 e. The molecule has 2 unspecified atom stereocenters. The molecule has 0 radical (unpaired) electrons. The third kappa shape index (κ3) is 5.17. The van der Waals surface area contributed by atoms with Crippen LogP contribution in [0.1, 0.15) is 33.6 Å². The van der Waals surface area contributed by atoms with Gasteiger partial charge in [-0.25, -0.2) is 0 Å². The Hall–Kier alpha value is -0.420. The molecule has 4 nitrogen and oxygen atoms in total. The van der Waals surface area contributed by atoms with Crippen molar-refractivity contribution in [1.82, 2.24) is 10.6 Å². The summed E-state index contributed by atoms with van der Waals surface area (Å²) in [5.74, 6) is 2.66. The number of aliphatic imine (C=N–C) groups is 1. The largest absolute Gasteiger partial charge is 0.387 e. The van der Waals surface area contributed by atoms with Crippen LogP contribution in [0.2, 0.25) is 0 Å². The fraction of sp³-hybridized carbons (Fsp3) is 0.917. The fourth-order valence-electron chi connectivity index (χ4n) is 1.60. The second-order valence-electron chi connectivity index (χ2n) is 4.68. The van der Waals surface area contributed by atoms with Crippen LogP contribution in [-0.4, -0.2) is 47.3 Å². The maximum absolute atomic E-state index is 10.2. The lowest BCUT2D eigenvalue weighted by Gasteiger charge is -2.21. The van der Waals surface area contributed by atoms with E-state index in [1.807, 2.05) is 6.92 Å². The van der Waals surface area contributed by atoms with Crippen LogP contribution in [0, 0.1) is 0 Å². The van der Waals surface area contributed by atoms with Gasteiger partial charge in [-0.05, 0) is 32.4 Å². The molecule has 0 aromatic rings. The molecule has 1 fully saturated rings. The molecular formula is C12H25N3OS. The predicted octanol–water partition coefficient (Wildman–Crippen LogP) is 1.21. The van der Waals surface area contributed by atoms with Crippen molar-refractivity contribution in [1.29, 1.82) is 0 Å². The molecule has 1 saturated heterocycles. The zero-order chi connectivity index (χ0) is 12.7. The lowest BCUT2D eigenvalue weighted by molar-refractivity contribution is 0.0778. The molecule has 1 heterocycles. The van der Waals surface area contributed by atoms with Gasteiger partial charge < -0.3 is 15.7 Å². The predicted molar refractivity (Wildman–Crippen MR) is 75.8 cm³/mol. The van der Waals surface area contributed by atoms with Gasteiger partial charge >= 0.3 is 0 Å². The van der Waals surface area contributed by atoms with Gasteiger partial charge in [0.1, 0.15) is 0 Å². The first kappa shape index (κ1) is 14.6. The van der Waals surface area contributed by atoms with Gasteiger partial charge in [-0.3, -0.25) is 4.99 Å². The van der Waals surface area contributed by atoms with Crippen LogP contribution in [0.25, 0.3) is 0 Å². The number of guanidine groups is 1. The number of nitrogens with one attached hydrogen (secondary N) is 2. The van der Waals surface area contributed by atoms with Crippen molar-refractivity contribution in [2.75, 3.05) is 24.6 Å².